The maximum atomic E-state index is 11.9. The van der Waals surface area contributed by atoms with Gasteiger partial charge < -0.3 is 4.90 Å². The molecule has 1 fully saturated rings. The molecule has 0 atom stereocenters. The summed E-state index contributed by atoms with van der Waals surface area (Å²) in [5, 5.41) is 3.99. The van der Waals surface area contributed by atoms with E-state index in [4.69, 9.17) is 0 Å². The average Bonchev–Trinajstić information content (AvgIpc) is 2.68. The Hall–Kier alpha value is -2.17. The maximum Gasteiger partial charge on any atom is 0.259 e. The number of aryl methyl sites for hydroxylation is 2. The first-order valence-electron chi connectivity index (χ1n) is 7.73. The van der Waals surface area contributed by atoms with Gasteiger partial charge in [0.2, 0.25) is 5.91 Å². The molecule has 22 heavy (non-hydrogen) atoms. The fourth-order valence-corrected chi connectivity index (χ4v) is 2.49. The highest BCUT2D eigenvalue weighted by atomic mass is 16.2. The molecule has 5 nitrogen and oxygen atoms in total. The van der Waals surface area contributed by atoms with Gasteiger partial charge in [-0.15, -0.1) is 0 Å². The van der Waals surface area contributed by atoms with E-state index in [9.17, 15) is 9.59 Å². The molecule has 0 spiro atoms. The highest BCUT2D eigenvalue weighted by Crippen LogP contribution is 2.10. The van der Waals surface area contributed by atoms with Crippen LogP contribution in [0.1, 0.15) is 42.4 Å². The molecule has 1 aliphatic heterocycles. The lowest BCUT2D eigenvalue weighted by Crippen LogP contribution is -2.39. The monoisotopic (exact) mass is 301 g/mol. The molecular weight excluding hydrogens is 278 g/mol. The summed E-state index contributed by atoms with van der Waals surface area (Å²) >= 11 is 0. The fraction of sp³-hybridized carbons (Fsp3) is 0.471. The van der Waals surface area contributed by atoms with Crippen molar-refractivity contribution in [1.29, 1.82) is 0 Å². The second-order valence-corrected chi connectivity index (χ2v) is 5.78. The molecule has 2 amide bonds. The molecule has 1 heterocycles. The summed E-state index contributed by atoms with van der Waals surface area (Å²) in [6, 6.07) is 6.08. The van der Waals surface area contributed by atoms with E-state index >= 15 is 0 Å². The molecule has 1 saturated heterocycles. The highest BCUT2D eigenvalue weighted by Gasteiger charge is 2.18. The molecular formula is C17H23N3O2. The minimum absolute atomic E-state index is 0.0613. The van der Waals surface area contributed by atoms with Crippen LogP contribution in [0.3, 0.4) is 0 Å². The number of hydrogen-bond acceptors (Lipinski definition) is 3. The number of hydrogen-bond donors (Lipinski definition) is 1. The summed E-state index contributed by atoms with van der Waals surface area (Å²) in [6.45, 7) is 4.76. The molecule has 118 valence electrons. The predicted octanol–water partition coefficient (Wildman–Crippen LogP) is 2.16. The number of likely N-dealkylation sites (tertiary alicyclic amines) is 1. The number of nitrogens with zero attached hydrogens (tertiary/aromatic N) is 2. The van der Waals surface area contributed by atoms with Crippen molar-refractivity contribution >= 4 is 18.0 Å². The first kappa shape index (κ1) is 16.2. The van der Waals surface area contributed by atoms with Gasteiger partial charge in [-0.3, -0.25) is 9.59 Å². The van der Waals surface area contributed by atoms with Gasteiger partial charge >= 0.3 is 0 Å². The van der Waals surface area contributed by atoms with Gasteiger partial charge in [-0.05, 0) is 37.8 Å². The molecule has 0 radical (unpaired) electrons. The predicted molar refractivity (Wildman–Crippen MR) is 86.7 cm³/mol. The van der Waals surface area contributed by atoms with E-state index in [0.717, 1.165) is 36.0 Å². The molecule has 0 saturated carbocycles. The van der Waals surface area contributed by atoms with Gasteiger partial charge in [0.05, 0.1) is 6.21 Å². The Balaban J connectivity index is 1.88. The largest absolute Gasteiger partial charge is 0.333 e. The van der Waals surface area contributed by atoms with Gasteiger partial charge in [0.25, 0.3) is 5.91 Å². The summed E-state index contributed by atoms with van der Waals surface area (Å²) < 4.78 is 0. The van der Waals surface area contributed by atoms with E-state index in [2.05, 4.69) is 10.5 Å². The number of amides is 2. The lowest BCUT2D eigenvalue weighted by Gasteiger charge is -2.18. The number of nitrogens with one attached hydrogen (secondary N) is 1. The minimum atomic E-state index is -0.253. The zero-order chi connectivity index (χ0) is 15.9. The maximum absolute atomic E-state index is 11.9. The van der Waals surface area contributed by atoms with Gasteiger partial charge in [-0.25, -0.2) is 5.43 Å². The van der Waals surface area contributed by atoms with Crippen molar-refractivity contribution in [1.82, 2.24) is 10.3 Å². The first-order valence-corrected chi connectivity index (χ1v) is 7.73. The summed E-state index contributed by atoms with van der Waals surface area (Å²) in [7, 11) is 0. The highest BCUT2D eigenvalue weighted by molar-refractivity contribution is 5.87. The average molecular weight is 301 g/mol. The fourth-order valence-electron chi connectivity index (χ4n) is 2.49. The first-order chi connectivity index (χ1) is 10.6. The number of carbonyl (C=O) groups is 2. The van der Waals surface area contributed by atoms with Crippen molar-refractivity contribution in [2.24, 2.45) is 5.10 Å². The van der Waals surface area contributed by atoms with Gasteiger partial charge in [-0.2, -0.15) is 5.10 Å². The number of benzene rings is 1. The Labute approximate surface area is 131 Å². The summed E-state index contributed by atoms with van der Waals surface area (Å²) in [5.41, 5.74) is 5.73. The van der Waals surface area contributed by atoms with Crippen LogP contribution in [0.4, 0.5) is 0 Å². The van der Waals surface area contributed by atoms with Crippen LogP contribution in [0, 0.1) is 13.8 Å². The number of hydrazone groups is 1. The van der Waals surface area contributed by atoms with Crippen molar-refractivity contribution in [3.05, 3.63) is 34.9 Å². The smallest absolute Gasteiger partial charge is 0.259 e. The molecule has 0 unspecified atom stereocenters. The summed E-state index contributed by atoms with van der Waals surface area (Å²) in [5.74, 6) is -0.192. The minimum Gasteiger partial charge on any atom is -0.333 e. The van der Waals surface area contributed by atoms with Gasteiger partial charge in [0.15, 0.2) is 0 Å². The van der Waals surface area contributed by atoms with Crippen LogP contribution in [0.15, 0.2) is 23.3 Å². The molecule has 0 aliphatic carbocycles. The van der Waals surface area contributed by atoms with E-state index in [1.165, 1.54) is 0 Å². The molecule has 2 rings (SSSR count). The lowest BCUT2D eigenvalue weighted by atomic mass is 10.1. The zero-order valence-corrected chi connectivity index (χ0v) is 13.3. The molecule has 5 heteroatoms. The van der Waals surface area contributed by atoms with Crippen LogP contribution in [0.5, 0.6) is 0 Å². The molecule has 1 N–H and O–H groups in total. The third-order valence-electron chi connectivity index (χ3n) is 3.83. The zero-order valence-electron chi connectivity index (χ0n) is 13.3. The van der Waals surface area contributed by atoms with Gasteiger partial charge in [0.1, 0.15) is 6.54 Å². The van der Waals surface area contributed by atoms with Crippen LogP contribution in [0.25, 0.3) is 0 Å². The summed E-state index contributed by atoms with van der Waals surface area (Å²) in [4.78, 5) is 25.3. The van der Waals surface area contributed by atoms with Gasteiger partial charge in [0, 0.05) is 13.0 Å². The van der Waals surface area contributed by atoms with Crippen molar-refractivity contribution in [2.45, 2.75) is 39.5 Å². The third kappa shape index (κ3) is 4.69. The van der Waals surface area contributed by atoms with E-state index in [1.54, 1.807) is 11.1 Å². The van der Waals surface area contributed by atoms with Crippen molar-refractivity contribution in [2.75, 3.05) is 13.1 Å². The topological polar surface area (TPSA) is 61.8 Å². The van der Waals surface area contributed by atoms with Crippen LogP contribution in [-0.2, 0) is 9.59 Å². The van der Waals surface area contributed by atoms with E-state index in [-0.39, 0.29) is 18.4 Å². The second-order valence-electron chi connectivity index (χ2n) is 5.78. The van der Waals surface area contributed by atoms with Crippen molar-refractivity contribution in [3.63, 3.8) is 0 Å². The molecule has 0 bridgehead atoms. The van der Waals surface area contributed by atoms with Crippen LogP contribution < -0.4 is 5.43 Å². The normalized spacial score (nSPS) is 15.9. The second kappa shape index (κ2) is 7.73. The number of carbonyl (C=O) groups excluding carboxylic acids is 2. The van der Waals surface area contributed by atoms with E-state index < -0.39 is 0 Å². The Morgan fingerprint density at radius 3 is 2.95 bits per heavy atom. The quantitative estimate of drug-likeness (QED) is 0.684. The summed E-state index contributed by atoms with van der Waals surface area (Å²) in [6.07, 6.45) is 5.12. The van der Waals surface area contributed by atoms with Crippen LogP contribution in [0.2, 0.25) is 0 Å². The molecule has 0 aromatic heterocycles. The molecule has 1 aromatic rings. The van der Waals surface area contributed by atoms with Crippen molar-refractivity contribution in [3.8, 4) is 0 Å². The Bertz CT molecular complexity index is 581. The molecule has 1 aromatic carbocycles. The Kier molecular flexibility index (Phi) is 5.69. The molecule has 1 aliphatic rings. The number of rotatable bonds is 4. The third-order valence-corrected chi connectivity index (χ3v) is 3.83. The lowest BCUT2D eigenvalue weighted by molar-refractivity contribution is -0.135. The Morgan fingerprint density at radius 2 is 2.14 bits per heavy atom. The SMILES string of the molecule is Cc1ccc(C)c(/C=N\NC(=O)CN2CCCCCC2=O)c1. The van der Waals surface area contributed by atoms with Crippen LogP contribution in [-0.4, -0.2) is 36.0 Å². The Morgan fingerprint density at radius 1 is 1.32 bits per heavy atom. The van der Waals surface area contributed by atoms with E-state index in [1.807, 2.05) is 32.0 Å². The van der Waals surface area contributed by atoms with Gasteiger partial charge in [-0.1, -0.05) is 30.2 Å². The van der Waals surface area contributed by atoms with Crippen LogP contribution >= 0.6 is 0 Å². The van der Waals surface area contributed by atoms with Crippen molar-refractivity contribution < 1.29 is 9.59 Å². The van der Waals surface area contributed by atoms with E-state index in [0.29, 0.717) is 13.0 Å². The standard InChI is InChI=1S/C17H23N3O2/c1-13-7-8-14(2)15(10-13)11-18-19-16(21)12-20-9-5-3-4-6-17(20)22/h7-8,10-11H,3-6,9,12H2,1-2H3,(H,19,21)/b18-11-.